The van der Waals surface area contributed by atoms with Gasteiger partial charge in [0.05, 0.1) is 50.1 Å². The number of carbonyl (C=O) groups excluding carboxylic acids is 4. The van der Waals surface area contributed by atoms with Gasteiger partial charge in [-0.2, -0.15) is 0 Å². The number of piperidine rings is 2. The van der Waals surface area contributed by atoms with Crippen molar-refractivity contribution in [2.45, 2.75) is 103 Å². The second kappa shape index (κ2) is 16.2. The summed E-state index contributed by atoms with van der Waals surface area (Å²) in [5.74, 6) is 8.70. The predicted octanol–water partition coefficient (Wildman–Crippen LogP) is 6.57. The van der Waals surface area contributed by atoms with Crippen LogP contribution in [0.4, 0.5) is 9.59 Å². The lowest BCUT2D eigenvalue weighted by Gasteiger charge is -2.31. The van der Waals surface area contributed by atoms with Gasteiger partial charge in [0.25, 0.3) is 0 Å². The Kier molecular flexibility index (Phi) is 11.0. The third-order valence-corrected chi connectivity index (χ3v) is 12.7. The van der Waals surface area contributed by atoms with Gasteiger partial charge in [0, 0.05) is 23.2 Å². The largest absolute Gasteiger partial charge is 0.453 e. The van der Waals surface area contributed by atoms with Gasteiger partial charge in [0.1, 0.15) is 23.7 Å². The van der Waals surface area contributed by atoms with Gasteiger partial charge in [-0.25, -0.2) is 19.6 Å². The van der Waals surface area contributed by atoms with E-state index in [4.69, 9.17) is 19.4 Å². The Labute approximate surface area is 350 Å². The maximum absolute atomic E-state index is 13.8. The molecule has 4 heterocycles. The Morgan fingerprint density at radius 1 is 0.667 bits per heavy atom. The van der Waals surface area contributed by atoms with Crippen molar-refractivity contribution in [1.29, 1.82) is 0 Å². The number of carbonyl (C=O) groups is 4. The molecular weight excluding hydrogens is 761 g/mol. The Morgan fingerprint density at radius 2 is 1.07 bits per heavy atom. The minimum atomic E-state index is -0.682. The smallest absolute Gasteiger partial charge is 0.407 e. The third-order valence-electron chi connectivity index (χ3n) is 12.7. The molecule has 8 atom stereocenters. The van der Waals surface area contributed by atoms with Crippen LogP contribution in [0.1, 0.15) is 99.4 Å². The van der Waals surface area contributed by atoms with Crippen molar-refractivity contribution in [1.82, 2.24) is 40.4 Å². The van der Waals surface area contributed by atoms with E-state index < -0.39 is 24.3 Å². The highest BCUT2D eigenvalue weighted by Gasteiger charge is 2.57. The highest BCUT2D eigenvalue weighted by Crippen LogP contribution is 2.54. The first-order chi connectivity index (χ1) is 28.8. The van der Waals surface area contributed by atoms with Gasteiger partial charge >= 0.3 is 12.2 Å². The van der Waals surface area contributed by atoms with E-state index in [2.05, 4.69) is 44.6 Å². The van der Waals surface area contributed by atoms with E-state index in [0.717, 1.165) is 82.1 Å². The minimum Gasteiger partial charge on any atom is -0.453 e. The summed E-state index contributed by atoms with van der Waals surface area (Å²) in [5.41, 5.74) is 7.57. The summed E-state index contributed by atoms with van der Waals surface area (Å²) in [6.45, 7) is 11.8. The summed E-state index contributed by atoms with van der Waals surface area (Å²) < 4.78 is 9.60. The number of methoxy groups -OCH3 is 2. The molecule has 314 valence electrons. The molecule has 14 heteroatoms. The van der Waals surface area contributed by atoms with Crippen LogP contribution in [0.3, 0.4) is 0 Å². The van der Waals surface area contributed by atoms with Crippen LogP contribution in [-0.4, -0.2) is 92.1 Å². The van der Waals surface area contributed by atoms with E-state index in [1.54, 1.807) is 0 Å². The van der Waals surface area contributed by atoms with Gasteiger partial charge in [0.15, 0.2) is 0 Å². The van der Waals surface area contributed by atoms with Crippen molar-refractivity contribution in [3.63, 3.8) is 0 Å². The average Bonchev–Trinajstić information content (AvgIpc) is 3.81. The summed E-state index contributed by atoms with van der Waals surface area (Å²) in [6.07, 6.45) is 6.03. The Hall–Kier alpha value is -6.10. The molecule has 0 unspecified atom stereocenters. The lowest BCUT2D eigenvalue weighted by atomic mass is 10.0. The highest BCUT2D eigenvalue weighted by atomic mass is 16.5. The van der Waals surface area contributed by atoms with Crippen LogP contribution in [0.25, 0.3) is 22.5 Å². The third kappa shape index (κ3) is 7.85. The van der Waals surface area contributed by atoms with E-state index in [-0.39, 0.29) is 47.8 Å². The Morgan fingerprint density at radius 3 is 1.42 bits per heavy atom. The maximum Gasteiger partial charge on any atom is 0.407 e. The van der Waals surface area contributed by atoms with Gasteiger partial charge in [-0.1, -0.05) is 51.7 Å². The van der Waals surface area contributed by atoms with Crippen LogP contribution in [-0.2, 0) is 19.1 Å². The summed E-state index contributed by atoms with van der Waals surface area (Å²) in [4.78, 5) is 72.0. The molecule has 4 N–H and O–H groups in total. The molecule has 0 radical (unpaired) electrons. The van der Waals surface area contributed by atoms with Gasteiger partial charge < -0.3 is 39.9 Å². The van der Waals surface area contributed by atoms with Gasteiger partial charge in [-0.3, -0.25) is 9.59 Å². The number of aromatic nitrogens is 4. The lowest BCUT2D eigenvalue weighted by molar-refractivity contribution is -0.137. The van der Waals surface area contributed by atoms with Crippen LogP contribution in [0.15, 0.2) is 48.8 Å². The zero-order valence-electron chi connectivity index (χ0n) is 35.5. The quantitative estimate of drug-likeness (QED) is 0.130. The zero-order valence-corrected chi connectivity index (χ0v) is 35.5. The number of benzene rings is 2. The van der Waals surface area contributed by atoms with Crippen LogP contribution in [0, 0.1) is 49.4 Å². The lowest BCUT2D eigenvalue weighted by Crippen LogP contribution is -2.52. The van der Waals surface area contributed by atoms with Crippen molar-refractivity contribution in [3.8, 4) is 34.4 Å². The van der Waals surface area contributed by atoms with E-state index in [0.29, 0.717) is 11.8 Å². The van der Waals surface area contributed by atoms with Crippen molar-refractivity contribution < 1.29 is 28.7 Å². The molecule has 4 aromatic rings. The second-order valence-electron chi connectivity index (χ2n) is 17.5. The number of imidazole rings is 2. The summed E-state index contributed by atoms with van der Waals surface area (Å²) >= 11 is 0. The molecule has 8 rings (SSSR count). The molecule has 2 saturated heterocycles. The van der Waals surface area contributed by atoms with Crippen molar-refractivity contribution in [3.05, 3.63) is 82.7 Å². The maximum atomic E-state index is 13.8. The van der Waals surface area contributed by atoms with E-state index in [9.17, 15) is 19.2 Å². The van der Waals surface area contributed by atoms with Crippen LogP contribution in [0.2, 0.25) is 0 Å². The van der Waals surface area contributed by atoms with Gasteiger partial charge in [-0.05, 0) is 110 Å². The number of likely N-dealkylation sites (tertiary alicyclic amines) is 2. The summed E-state index contributed by atoms with van der Waals surface area (Å²) in [7, 11) is 2.60. The molecular formula is C46H54N8O6. The molecule has 4 fully saturated rings. The fourth-order valence-electron chi connectivity index (χ4n) is 9.14. The standard InChI is InChI=1S/C46H54N8O6/c1-23(2)39(51-45(57)59-7)43(55)53-35-17-31(35)19-37(53)41-47-21-33(49-41)29-13-11-27(25(5)15-29)9-10-28-12-14-30(16-26(28)6)34-22-48-42(50-34)38-20-32-18-36(32)54(38)44(56)40(24(3)4)52-46(58)60-8/h11-16,21-24,31-32,35-40H,17-20H2,1-8H3,(H,47,49)(H,48,50)(H,51,57)(H,52,58)/t31-,32-,35-,36-,37+,38+,39+,40+/m1/s1. The number of alkyl carbamates (subject to hydrolysis) is 2. The second-order valence-corrected chi connectivity index (χ2v) is 17.5. The minimum absolute atomic E-state index is 0.102. The number of ether oxygens (including phenoxy) is 2. The fraction of sp³-hybridized carbons (Fsp3) is 0.478. The van der Waals surface area contributed by atoms with Crippen molar-refractivity contribution >= 4 is 24.0 Å². The van der Waals surface area contributed by atoms with Gasteiger partial charge in [-0.15, -0.1) is 0 Å². The first kappa shape index (κ1) is 40.7. The van der Waals surface area contributed by atoms with E-state index >= 15 is 0 Å². The number of amides is 4. The average molecular weight is 815 g/mol. The molecule has 0 spiro atoms. The van der Waals surface area contributed by atoms with Crippen molar-refractivity contribution in [2.75, 3.05) is 14.2 Å². The molecule has 2 aliphatic carbocycles. The number of hydrogen-bond donors (Lipinski definition) is 4. The molecule has 0 bridgehead atoms. The number of nitrogens with zero attached hydrogens (tertiary/aromatic N) is 4. The Bertz CT molecular complexity index is 2230. The molecule has 60 heavy (non-hydrogen) atoms. The first-order valence-electron chi connectivity index (χ1n) is 20.9. The van der Waals surface area contributed by atoms with Crippen molar-refractivity contribution in [2.24, 2.45) is 23.7 Å². The van der Waals surface area contributed by atoms with E-state index in [1.807, 2.05) is 88.0 Å². The number of nitrogens with one attached hydrogen (secondary N) is 4. The van der Waals surface area contributed by atoms with Crippen LogP contribution in [0.5, 0.6) is 0 Å². The first-order valence-corrected chi connectivity index (χ1v) is 20.9. The number of H-pyrrole nitrogens is 2. The summed E-state index contributed by atoms with van der Waals surface area (Å²) in [6, 6.07) is 10.9. The molecule has 2 saturated carbocycles. The number of rotatable bonds is 10. The Balaban J connectivity index is 0.939. The molecule has 14 nitrogen and oxygen atoms in total. The number of hydrogen-bond acceptors (Lipinski definition) is 8. The molecule has 2 aromatic heterocycles. The normalized spacial score (nSPS) is 23.3. The number of fused-ring (bicyclic) bond motifs is 2. The van der Waals surface area contributed by atoms with Gasteiger partial charge in [0.2, 0.25) is 11.8 Å². The predicted molar refractivity (Wildman–Crippen MR) is 224 cm³/mol. The number of aryl methyl sites for hydroxylation is 2. The number of aromatic amines is 2. The topological polar surface area (TPSA) is 175 Å². The molecule has 4 amide bonds. The zero-order chi connectivity index (χ0) is 42.6. The van der Waals surface area contributed by atoms with Crippen LogP contribution >= 0.6 is 0 Å². The fourth-order valence-corrected chi connectivity index (χ4v) is 9.14. The van der Waals surface area contributed by atoms with E-state index in [1.165, 1.54) is 14.2 Å². The highest BCUT2D eigenvalue weighted by molar-refractivity contribution is 5.88. The molecule has 2 aliphatic heterocycles. The molecule has 2 aromatic carbocycles. The molecule has 4 aliphatic rings. The summed E-state index contributed by atoms with van der Waals surface area (Å²) in [5, 5.41) is 5.47. The van der Waals surface area contributed by atoms with Crippen LogP contribution < -0.4 is 10.6 Å². The monoisotopic (exact) mass is 814 g/mol. The SMILES string of the molecule is COC(=O)N[C@H](C(=O)N1[C@@H]2C[C@@H]2C[C@H]1c1ncc(-c2ccc(C#Cc3ccc(-c4cnc([C@@H]5C[C@H]6C[C@H]6N5C(=O)[C@@H](NC(=O)OC)C(C)C)[nH]4)cc3C)c(C)c2)[nH]1)C(C)C.